The molecule has 0 spiro atoms. The Kier molecular flexibility index (Phi) is 4.53. The van der Waals surface area contributed by atoms with Crippen molar-refractivity contribution in [3.8, 4) is 11.5 Å². The summed E-state index contributed by atoms with van der Waals surface area (Å²) in [4.78, 5) is 8.51. The van der Waals surface area contributed by atoms with Crippen LogP contribution in [0, 0.1) is 0 Å². The van der Waals surface area contributed by atoms with Crippen LogP contribution < -0.4 is 4.52 Å². The monoisotopic (exact) mass is 229 g/mol. The SMILES string of the molecule is CCCCc1ccc(O[P+](=O)O)cc1O. The topological polar surface area (TPSA) is 66.8 Å². The van der Waals surface area contributed by atoms with Crippen molar-refractivity contribution in [3.05, 3.63) is 23.8 Å². The second-order valence-electron chi connectivity index (χ2n) is 3.22. The maximum atomic E-state index is 10.4. The Labute approximate surface area is 89.5 Å². The molecule has 0 amide bonds. The summed E-state index contributed by atoms with van der Waals surface area (Å²) in [6.45, 7) is 2.07. The van der Waals surface area contributed by atoms with Gasteiger partial charge in [0, 0.05) is 10.6 Å². The molecule has 15 heavy (non-hydrogen) atoms. The summed E-state index contributed by atoms with van der Waals surface area (Å²) in [5.41, 5.74) is 0.831. The van der Waals surface area contributed by atoms with E-state index in [4.69, 9.17) is 4.89 Å². The van der Waals surface area contributed by atoms with E-state index in [-0.39, 0.29) is 11.5 Å². The standard InChI is InChI=1S/C10H13O4P/c1-2-3-4-8-5-6-9(7-10(8)11)14-15(12)13/h5-7H,2-4H2,1H3,(H-,11,12,13)/p+1. The van der Waals surface area contributed by atoms with Gasteiger partial charge in [0.15, 0.2) is 5.75 Å². The third-order valence-electron chi connectivity index (χ3n) is 2.04. The van der Waals surface area contributed by atoms with Gasteiger partial charge in [-0.2, -0.15) is 0 Å². The summed E-state index contributed by atoms with van der Waals surface area (Å²) >= 11 is 0. The molecule has 1 aromatic carbocycles. The van der Waals surface area contributed by atoms with Crippen molar-refractivity contribution in [3.63, 3.8) is 0 Å². The van der Waals surface area contributed by atoms with E-state index in [1.807, 2.05) is 0 Å². The first kappa shape index (κ1) is 12.0. The average Bonchev–Trinajstić information content (AvgIpc) is 2.15. The Hall–Kier alpha value is -1.12. The number of benzene rings is 1. The van der Waals surface area contributed by atoms with E-state index in [9.17, 15) is 9.67 Å². The molecule has 1 unspecified atom stereocenters. The van der Waals surface area contributed by atoms with E-state index in [2.05, 4.69) is 11.4 Å². The average molecular weight is 229 g/mol. The first-order chi connectivity index (χ1) is 7.13. The van der Waals surface area contributed by atoms with Crippen molar-refractivity contribution in [2.75, 3.05) is 0 Å². The van der Waals surface area contributed by atoms with Crippen LogP contribution in [0.1, 0.15) is 25.3 Å². The minimum atomic E-state index is -2.67. The third-order valence-corrected chi connectivity index (χ3v) is 2.41. The van der Waals surface area contributed by atoms with Crippen LogP contribution in [0.15, 0.2) is 18.2 Å². The van der Waals surface area contributed by atoms with E-state index in [0.29, 0.717) is 0 Å². The van der Waals surface area contributed by atoms with Crippen LogP contribution in [-0.2, 0) is 11.0 Å². The molecule has 0 fully saturated rings. The van der Waals surface area contributed by atoms with Crippen molar-refractivity contribution in [2.24, 2.45) is 0 Å². The molecule has 0 saturated heterocycles. The molecule has 0 aliphatic rings. The molecule has 0 heterocycles. The van der Waals surface area contributed by atoms with Crippen molar-refractivity contribution in [2.45, 2.75) is 26.2 Å². The normalized spacial score (nSPS) is 11.2. The van der Waals surface area contributed by atoms with Gasteiger partial charge in [0.1, 0.15) is 5.75 Å². The van der Waals surface area contributed by atoms with Gasteiger partial charge in [-0.15, -0.1) is 4.89 Å². The molecule has 82 valence electrons. The number of hydrogen-bond donors (Lipinski definition) is 2. The molecule has 1 atom stereocenters. The van der Waals surface area contributed by atoms with Crippen LogP contribution in [0.4, 0.5) is 0 Å². The van der Waals surface area contributed by atoms with E-state index < -0.39 is 8.25 Å². The van der Waals surface area contributed by atoms with Crippen LogP contribution in [0.5, 0.6) is 11.5 Å². The lowest BCUT2D eigenvalue weighted by atomic mass is 10.1. The quantitative estimate of drug-likeness (QED) is 0.762. The highest BCUT2D eigenvalue weighted by molar-refractivity contribution is 7.32. The Morgan fingerprint density at radius 2 is 2.20 bits per heavy atom. The van der Waals surface area contributed by atoms with Gasteiger partial charge in [-0.25, -0.2) is 4.52 Å². The first-order valence-corrected chi connectivity index (χ1v) is 5.92. The molecule has 2 N–H and O–H groups in total. The van der Waals surface area contributed by atoms with Gasteiger partial charge in [0.2, 0.25) is 0 Å². The molecule has 0 saturated carbocycles. The fourth-order valence-electron chi connectivity index (χ4n) is 1.27. The van der Waals surface area contributed by atoms with Crippen molar-refractivity contribution >= 4 is 8.25 Å². The lowest BCUT2D eigenvalue weighted by molar-refractivity contribution is 0.407. The van der Waals surface area contributed by atoms with Crippen LogP contribution in [0.25, 0.3) is 0 Å². The number of rotatable bonds is 5. The van der Waals surface area contributed by atoms with Crippen LogP contribution in [0.3, 0.4) is 0 Å². The smallest absolute Gasteiger partial charge is 0.508 e. The Morgan fingerprint density at radius 1 is 1.47 bits per heavy atom. The summed E-state index contributed by atoms with van der Waals surface area (Å²) in [5.74, 6) is 0.314. The maximum absolute atomic E-state index is 10.4. The van der Waals surface area contributed by atoms with Crippen LogP contribution >= 0.6 is 8.25 Å². The number of phenolic OH excluding ortho intramolecular Hbond substituents is 1. The zero-order valence-electron chi connectivity index (χ0n) is 8.51. The molecule has 1 aromatic rings. The van der Waals surface area contributed by atoms with Gasteiger partial charge in [-0.1, -0.05) is 19.4 Å². The van der Waals surface area contributed by atoms with Crippen molar-refractivity contribution < 1.29 is 19.1 Å². The maximum Gasteiger partial charge on any atom is 0.747 e. The fraction of sp³-hybridized carbons (Fsp3) is 0.400. The highest BCUT2D eigenvalue weighted by Crippen LogP contribution is 2.29. The predicted octanol–water partition coefficient (Wildman–Crippen LogP) is 2.76. The number of hydrogen-bond acceptors (Lipinski definition) is 3. The zero-order chi connectivity index (χ0) is 11.3. The molecular formula is C10H14O4P+. The minimum absolute atomic E-state index is 0.109. The second kappa shape index (κ2) is 5.69. The molecule has 4 nitrogen and oxygen atoms in total. The number of phenols is 1. The Bertz CT molecular complexity index is 351. The second-order valence-corrected chi connectivity index (χ2v) is 3.88. The summed E-state index contributed by atoms with van der Waals surface area (Å²) in [5, 5.41) is 9.57. The van der Waals surface area contributed by atoms with Gasteiger partial charge in [-0.05, 0) is 24.5 Å². The Balaban J connectivity index is 2.74. The highest BCUT2D eigenvalue weighted by Gasteiger charge is 2.15. The van der Waals surface area contributed by atoms with Gasteiger partial charge < -0.3 is 5.11 Å². The van der Waals surface area contributed by atoms with Gasteiger partial charge >= 0.3 is 8.25 Å². The number of aryl methyl sites for hydroxylation is 1. The van der Waals surface area contributed by atoms with Gasteiger partial charge in [0.05, 0.1) is 0 Å². The minimum Gasteiger partial charge on any atom is -0.508 e. The summed E-state index contributed by atoms with van der Waals surface area (Å²) in [6, 6.07) is 4.64. The van der Waals surface area contributed by atoms with E-state index in [0.717, 1.165) is 24.8 Å². The molecule has 0 aliphatic carbocycles. The van der Waals surface area contributed by atoms with Gasteiger partial charge in [-0.3, -0.25) is 0 Å². The summed E-state index contributed by atoms with van der Waals surface area (Å²) < 4.78 is 14.9. The molecule has 0 aliphatic heterocycles. The van der Waals surface area contributed by atoms with Gasteiger partial charge in [0.25, 0.3) is 0 Å². The highest BCUT2D eigenvalue weighted by atomic mass is 31.1. The first-order valence-electron chi connectivity index (χ1n) is 4.79. The van der Waals surface area contributed by atoms with Crippen LogP contribution in [0.2, 0.25) is 0 Å². The molecule has 0 radical (unpaired) electrons. The number of unbranched alkanes of at least 4 members (excludes halogenated alkanes) is 1. The lowest BCUT2D eigenvalue weighted by Crippen LogP contribution is -1.87. The van der Waals surface area contributed by atoms with Crippen LogP contribution in [-0.4, -0.2) is 10.00 Å². The largest absolute Gasteiger partial charge is 0.747 e. The third kappa shape index (κ3) is 3.86. The van der Waals surface area contributed by atoms with E-state index in [1.54, 1.807) is 12.1 Å². The van der Waals surface area contributed by atoms with Crippen molar-refractivity contribution in [1.29, 1.82) is 0 Å². The summed E-state index contributed by atoms with van der Waals surface area (Å²) in [7, 11) is -2.67. The Morgan fingerprint density at radius 3 is 2.73 bits per heavy atom. The van der Waals surface area contributed by atoms with E-state index in [1.165, 1.54) is 6.07 Å². The molecule has 0 bridgehead atoms. The number of aromatic hydroxyl groups is 1. The van der Waals surface area contributed by atoms with Crippen molar-refractivity contribution in [1.82, 2.24) is 0 Å². The molecule has 1 rings (SSSR count). The predicted molar refractivity (Wildman–Crippen MR) is 57.2 cm³/mol. The molecule has 5 heteroatoms. The fourth-order valence-corrected chi connectivity index (χ4v) is 1.56. The summed E-state index contributed by atoms with van der Waals surface area (Å²) in [6.07, 6.45) is 2.86. The van der Waals surface area contributed by atoms with E-state index >= 15 is 0 Å². The molecule has 0 aromatic heterocycles. The molecular weight excluding hydrogens is 215 g/mol. The lowest BCUT2D eigenvalue weighted by Gasteiger charge is -2.03. The zero-order valence-corrected chi connectivity index (χ0v) is 9.41.